The zero-order valence-electron chi connectivity index (χ0n) is 16.4. The Morgan fingerprint density at radius 3 is 2.67 bits per heavy atom. The number of nitrogens with zero attached hydrogens (tertiary/aromatic N) is 2. The first-order chi connectivity index (χ1) is 14.6. The zero-order chi connectivity index (χ0) is 20.8. The van der Waals surface area contributed by atoms with E-state index in [0.29, 0.717) is 45.4 Å². The second kappa shape index (κ2) is 6.77. The molecule has 0 aliphatic heterocycles. The van der Waals surface area contributed by atoms with E-state index in [4.69, 9.17) is 9.47 Å². The van der Waals surface area contributed by atoms with Crippen LogP contribution in [0.1, 0.15) is 5.56 Å². The molecule has 0 atom stereocenters. The van der Waals surface area contributed by atoms with Gasteiger partial charge in [-0.15, -0.1) is 0 Å². The van der Waals surface area contributed by atoms with Crippen molar-refractivity contribution in [2.45, 2.75) is 6.54 Å². The molecule has 0 saturated heterocycles. The Bertz CT molecular complexity index is 1540. The summed E-state index contributed by atoms with van der Waals surface area (Å²) in [6.07, 6.45) is 4.94. The molecule has 0 bridgehead atoms. The summed E-state index contributed by atoms with van der Waals surface area (Å²) < 4.78 is 12.3. The Hall–Kier alpha value is -4.07. The molecule has 0 aliphatic carbocycles. The number of methoxy groups -OCH3 is 2. The molecule has 8 heteroatoms. The minimum atomic E-state index is -0.259. The summed E-state index contributed by atoms with van der Waals surface area (Å²) in [7, 11) is 3.17. The fraction of sp³-hybridized carbons (Fsp3) is 0.136. The second-order valence-electron chi connectivity index (χ2n) is 6.97. The van der Waals surface area contributed by atoms with Gasteiger partial charge in [0.05, 0.1) is 43.4 Å². The molecule has 0 fully saturated rings. The van der Waals surface area contributed by atoms with Gasteiger partial charge < -0.3 is 24.0 Å². The van der Waals surface area contributed by atoms with Crippen LogP contribution in [0.4, 0.5) is 0 Å². The van der Waals surface area contributed by atoms with Crippen LogP contribution in [0.15, 0.2) is 58.5 Å². The summed E-state index contributed by atoms with van der Waals surface area (Å²) in [4.78, 5) is 35.9. The van der Waals surface area contributed by atoms with Crippen molar-refractivity contribution in [3.8, 4) is 11.5 Å². The summed E-state index contributed by atoms with van der Waals surface area (Å²) in [6.45, 7) is 0.318. The van der Waals surface area contributed by atoms with Gasteiger partial charge in [-0.3, -0.25) is 14.6 Å². The molecule has 0 amide bonds. The van der Waals surface area contributed by atoms with E-state index in [1.165, 1.54) is 0 Å². The predicted molar refractivity (Wildman–Crippen MR) is 115 cm³/mol. The van der Waals surface area contributed by atoms with Gasteiger partial charge in [0, 0.05) is 34.8 Å². The van der Waals surface area contributed by atoms with E-state index in [-0.39, 0.29) is 11.1 Å². The maximum absolute atomic E-state index is 13.2. The Labute approximate surface area is 169 Å². The number of rotatable bonds is 4. The molecule has 0 unspecified atom stereocenters. The lowest BCUT2D eigenvalue weighted by atomic mass is 10.1. The fourth-order valence-electron chi connectivity index (χ4n) is 3.85. The molecule has 150 valence electrons. The average molecular weight is 402 g/mol. The molecule has 2 N–H and O–H groups in total. The summed E-state index contributed by atoms with van der Waals surface area (Å²) in [6, 6.07) is 9.06. The van der Waals surface area contributed by atoms with Crippen LogP contribution in [0.5, 0.6) is 11.5 Å². The van der Waals surface area contributed by atoms with Gasteiger partial charge >= 0.3 is 0 Å². The molecular formula is C22H18N4O4. The first kappa shape index (κ1) is 18.0. The summed E-state index contributed by atoms with van der Waals surface area (Å²) in [5.41, 5.74) is 1.99. The first-order valence-corrected chi connectivity index (χ1v) is 9.32. The molecular weight excluding hydrogens is 384 g/mol. The van der Waals surface area contributed by atoms with Gasteiger partial charge in [0.25, 0.3) is 11.1 Å². The molecule has 5 rings (SSSR count). The lowest BCUT2D eigenvalue weighted by Gasteiger charge is -2.12. The molecule has 0 saturated carbocycles. The van der Waals surface area contributed by atoms with Crippen LogP contribution in [0.3, 0.4) is 0 Å². The van der Waals surface area contributed by atoms with E-state index in [9.17, 15) is 9.59 Å². The third-order valence-corrected chi connectivity index (χ3v) is 5.34. The molecule has 1 aromatic carbocycles. The number of benzene rings is 1. The second-order valence-corrected chi connectivity index (χ2v) is 6.97. The number of pyridine rings is 3. The van der Waals surface area contributed by atoms with E-state index in [1.807, 2.05) is 18.2 Å². The number of hydrogen-bond donors (Lipinski definition) is 2. The van der Waals surface area contributed by atoms with Crippen molar-refractivity contribution in [3.63, 3.8) is 0 Å². The Morgan fingerprint density at radius 1 is 1.00 bits per heavy atom. The van der Waals surface area contributed by atoms with Crippen molar-refractivity contribution in [2.24, 2.45) is 0 Å². The highest BCUT2D eigenvalue weighted by atomic mass is 16.5. The van der Waals surface area contributed by atoms with Crippen molar-refractivity contribution in [2.75, 3.05) is 14.2 Å². The summed E-state index contributed by atoms with van der Waals surface area (Å²) in [5, 5.41) is 1.86. The molecule has 8 nitrogen and oxygen atoms in total. The number of fused-ring (bicyclic) bond motifs is 5. The summed E-state index contributed by atoms with van der Waals surface area (Å²) in [5.74, 6) is 1.31. The van der Waals surface area contributed by atoms with Crippen LogP contribution in [0.25, 0.3) is 32.7 Å². The minimum Gasteiger partial charge on any atom is -0.497 e. The van der Waals surface area contributed by atoms with Crippen molar-refractivity contribution in [1.29, 1.82) is 0 Å². The maximum Gasteiger partial charge on any atom is 0.275 e. The Balaban J connectivity index is 1.71. The predicted octanol–water partition coefficient (Wildman–Crippen LogP) is 2.78. The average Bonchev–Trinajstić information content (AvgIpc) is 3.17. The number of nitrogens with one attached hydrogen (secondary N) is 2. The van der Waals surface area contributed by atoms with Gasteiger partial charge in [0.1, 0.15) is 17.0 Å². The highest BCUT2D eigenvalue weighted by Crippen LogP contribution is 2.27. The van der Waals surface area contributed by atoms with Crippen molar-refractivity contribution in [1.82, 2.24) is 19.5 Å². The molecule has 0 aliphatic rings. The van der Waals surface area contributed by atoms with E-state index < -0.39 is 0 Å². The van der Waals surface area contributed by atoms with Crippen LogP contribution in [0, 0.1) is 0 Å². The van der Waals surface area contributed by atoms with E-state index >= 15 is 0 Å². The molecule has 30 heavy (non-hydrogen) atoms. The quantitative estimate of drug-likeness (QED) is 0.481. The normalized spacial score (nSPS) is 11.4. The highest BCUT2D eigenvalue weighted by molar-refractivity contribution is 6.15. The molecule has 4 heterocycles. The Kier molecular flexibility index (Phi) is 4.06. The van der Waals surface area contributed by atoms with Gasteiger partial charge in [-0.2, -0.15) is 0 Å². The van der Waals surface area contributed by atoms with E-state index in [1.54, 1.807) is 49.5 Å². The van der Waals surface area contributed by atoms with E-state index in [0.717, 1.165) is 10.9 Å². The van der Waals surface area contributed by atoms with Gasteiger partial charge in [-0.05, 0) is 24.3 Å². The highest BCUT2D eigenvalue weighted by Gasteiger charge is 2.16. The topological polar surface area (TPSA) is 102 Å². The van der Waals surface area contributed by atoms with Crippen LogP contribution in [-0.2, 0) is 6.54 Å². The lowest BCUT2D eigenvalue weighted by molar-refractivity contribution is 0.390. The minimum absolute atomic E-state index is 0.219. The number of aromatic amines is 2. The Morgan fingerprint density at radius 2 is 1.87 bits per heavy atom. The third-order valence-electron chi connectivity index (χ3n) is 5.34. The number of H-pyrrole nitrogens is 2. The lowest BCUT2D eigenvalue weighted by Crippen LogP contribution is -2.20. The van der Waals surface area contributed by atoms with Gasteiger partial charge in [0.15, 0.2) is 0 Å². The SMILES string of the molecule is COc1ccc(Cn2ccc3c([nH]c4c5ccncc5[nH]c(=O)c34)c2=O)c(OC)c1. The first-order valence-electron chi connectivity index (χ1n) is 9.32. The van der Waals surface area contributed by atoms with Crippen LogP contribution in [-0.4, -0.2) is 33.7 Å². The van der Waals surface area contributed by atoms with Crippen molar-refractivity contribution >= 4 is 32.7 Å². The third kappa shape index (κ3) is 2.65. The zero-order valence-corrected chi connectivity index (χ0v) is 16.4. The molecule has 0 spiro atoms. The number of hydrogen-bond acceptors (Lipinski definition) is 5. The summed E-state index contributed by atoms with van der Waals surface area (Å²) >= 11 is 0. The maximum atomic E-state index is 13.2. The smallest absolute Gasteiger partial charge is 0.275 e. The standard InChI is InChI=1S/C22H18N4O4/c1-29-13-4-3-12(17(9-13)30-2)11-26-8-6-15-18-19(25-20(15)22(26)28)14-5-7-23-10-16(14)24-21(18)27/h3-10,25H,11H2,1-2H3,(H,24,27). The monoisotopic (exact) mass is 402 g/mol. The van der Waals surface area contributed by atoms with Crippen molar-refractivity contribution in [3.05, 3.63) is 75.2 Å². The van der Waals surface area contributed by atoms with Crippen LogP contribution < -0.4 is 20.6 Å². The number of aromatic nitrogens is 4. The fourth-order valence-corrected chi connectivity index (χ4v) is 3.85. The number of ether oxygens (including phenoxy) is 2. The van der Waals surface area contributed by atoms with Crippen molar-refractivity contribution < 1.29 is 9.47 Å². The van der Waals surface area contributed by atoms with Crippen LogP contribution in [0.2, 0.25) is 0 Å². The molecule has 0 radical (unpaired) electrons. The largest absolute Gasteiger partial charge is 0.497 e. The molecule has 4 aromatic heterocycles. The molecule has 5 aromatic rings. The van der Waals surface area contributed by atoms with Gasteiger partial charge in [0.2, 0.25) is 0 Å². The van der Waals surface area contributed by atoms with E-state index in [2.05, 4.69) is 15.0 Å². The van der Waals surface area contributed by atoms with Crippen LogP contribution >= 0.6 is 0 Å². The van der Waals surface area contributed by atoms with Gasteiger partial charge in [-0.25, -0.2) is 0 Å². The van der Waals surface area contributed by atoms with Gasteiger partial charge in [-0.1, -0.05) is 0 Å².